The molecule has 2 N–H and O–H groups in total. The van der Waals surface area contributed by atoms with E-state index in [0.717, 1.165) is 75.6 Å². The molecule has 10 heteroatoms. The van der Waals surface area contributed by atoms with E-state index in [2.05, 4.69) is 43.2 Å². The summed E-state index contributed by atoms with van der Waals surface area (Å²) in [5.41, 5.74) is 0. The topological polar surface area (TPSA) is 79.6 Å². The van der Waals surface area contributed by atoms with Crippen molar-refractivity contribution in [3.63, 3.8) is 0 Å². The van der Waals surface area contributed by atoms with Gasteiger partial charge in [-0.2, -0.15) is 0 Å². The summed E-state index contributed by atoms with van der Waals surface area (Å²) >= 11 is 1.80. The van der Waals surface area contributed by atoms with Crippen LogP contribution >= 0.6 is 35.3 Å². The van der Waals surface area contributed by atoms with Crippen molar-refractivity contribution >= 4 is 41.3 Å². The van der Waals surface area contributed by atoms with Gasteiger partial charge in [0.15, 0.2) is 11.8 Å². The molecule has 0 spiro atoms. The molecule has 32 heavy (non-hydrogen) atoms. The Morgan fingerprint density at radius 1 is 1.28 bits per heavy atom. The molecule has 0 saturated carbocycles. The normalized spacial score (nSPS) is 20.3. The number of aromatic nitrogens is 3. The van der Waals surface area contributed by atoms with Gasteiger partial charge in [-0.05, 0) is 50.0 Å². The van der Waals surface area contributed by atoms with E-state index in [0.29, 0.717) is 12.6 Å². The van der Waals surface area contributed by atoms with Gasteiger partial charge in [0.2, 0.25) is 0 Å². The van der Waals surface area contributed by atoms with Crippen LogP contribution < -0.4 is 10.6 Å². The fourth-order valence-electron chi connectivity index (χ4n) is 4.20. The van der Waals surface area contributed by atoms with Crippen LogP contribution in [0.1, 0.15) is 35.8 Å². The molecule has 2 aliphatic heterocycles. The van der Waals surface area contributed by atoms with Gasteiger partial charge in [-0.3, -0.25) is 0 Å². The molecular formula is C22H36IN7OS. The van der Waals surface area contributed by atoms with E-state index in [1.54, 1.807) is 11.3 Å². The minimum atomic E-state index is 0. The molecule has 8 nitrogen and oxygen atoms in total. The standard InChI is InChI=1S/C22H35N7OS.HI/c1-17-26-27-21(28(17)2)14-24-22(23-9-5-20-4-3-13-31-20)25-19-6-10-29(11-7-19)15-18-8-12-30-16-18;/h3-4,13,18-19H,5-12,14-16H2,1-2H3,(H2,23,24,25);1H. The summed E-state index contributed by atoms with van der Waals surface area (Å²) in [5.74, 6) is 3.38. The van der Waals surface area contributed by atoms with E-state index < -0.39 is 0 Å². The first kappa shape index (κ1) is 25.4. The molecule has 0 aromatic carbocycles. The molecule has 1 atom stereocenters. The molecule has 2 aromatic heterocycles. The van der Waals surface area contributed by atoms with Gasteiger partial charge in [0.1, 0.15) is 12.4 Å². The smallest absolute Gasteiger partial charge is 0.191 e. The first-order chi connectivity index (χ1) is 15.2. The predicted octanol–water partition coefficient (Wildman–Crippen LogP) is 2.58. The van der Waals surface area contributed by atoms with Gasteiger partial charge in [0.05, 0.1) is 6.61 Å². The lowest BCUT2D eigenvalue weighted by Crippen LogP contribution is -2.49. The molecule has 0 bridgehead atoms. The Labute approximate surface area is 212 Å². The van der Waals surface area contributed by atoms with Crippen molar-refractivity contribution in [1.29, 1.82) is 0 Å². The summed E-state index contributed by atoms with van der Waals surface area (Å²) in [6.07, 6.45) is 4.50. The maximum absolute atomic E-state index is 5.54. The fraction of sp³-hybridized carbons (Fsp3) is 0.682. The van der Waals surface area contributed by atoms with Gasteiger partial charge in [-0.1, -0.05) is 6.07 Å². The highest BCUT2D eigenvalue weighted by Crippen LogP contribution is 2.17. The van der Waals surface area contributed by atoms with Crippen molar-refractivity contribution in [2.75, 3.05) is 39.4 Å². The highest BCUT2D eigenvalue weighted by molar-refractivity contribution is 14.0. The van der Waals surface area contributed by atoms with Gasteiger partial charge >= 0.3 is 0 Å². The molecule has 0 radical (unpaired) electrons. The first-order valence-electron chi connectivity index (χ1n) is 11.4. The average Bonchev–Trinajstić information content (AvgIpc) is 3.53. The summed E-state index contributed by atoms with van der Waals surface area (Å²) in [4.78, 5) is 8.81. The number of rotatable bonds is 8. The van der Waals surface area contributed by atoms with Crippen molar-refractivity contribution in [2.45, 2.75) is 45.2 Å². The zero-order chi connectivity index (χ0) is 21.5. The third-order valence-corrected chi connectivity index (χ3v) is 7.21. The molecule has 178 valence electrons. The number of nitrogens with one attached hydrogen (secondary N) is 2. The largest absolute Gasteiger partial charge is 0.381 e. The van der Waals surface area contributed by atoms with Crippen LogP contribution in [0, 0.1) is 12.8 Å². The minimum Gasteiger partial charge on any atom is -0.381 e. The molecule has 4 heterocycles. The molecule has 0 aliphatic carbocycles. The van der Waals surface area contributed by atoms with E-state index in [1.165, 1.54) is 17.8 Å². The lowest BCUT2D eigenvalue weighted by Gasteiger charge is -2.34. The van der Waals surface area contributed by atoms with Gasteiger partial charge in [0, 0.05) is 50.8 Å². The second-order valence-corrected chi connectivity index (χ2v) is 9.62. The summed E-state index contributed by atoms with van der Waals surface area (Å²) in [6, 6.07) is 4.74. The van der Waals surface area contributed by atoms with E-state index >= 15 is 0 Å². The maximum atomic E-state index is 5.54. The number of halogens is 1. The number of hydrogen-bond acceptors (Lipinski definition) is 6. The number of guanidine groups is 1. The van der Waals surface area contributed by atoms with Gasteiger partial charge in [-0.15, -0.1) is 45.5 Å². The molecule has 0 amide bonds. The molecule has 2 aliphatic rings. The zero-order valence-electron chi connectivity index (χ0n) is 19.1. The second-order valence-electron chi connectivity index (χ2n) is 8.59. The molecule has 2 fully saturated rings. The second kappa shape index (κ2) is 12.9. The summed E-state index contributed by atoms with van der Waals surface area (Å²) in [7, 11) is 1.99. The van der Waals surface area contributed by atoms with Crippen LogP contribution in [0.3, 0.4) is 0 Å². The quantitative estimate of drug-likeness (QED) is 0.287. The third-order valence-electron chi connectivity index (χ3n) is 6.27. The van der Waals surface area contributed by atoms with Crippen LogP contribution in [-0.4, -0.2) is 71.1 Å². The number of hydrogen-bond donors (Lipinski definition) is 2. The number of aryl methyl sites for hydroxylation is 1. The van der Waals surface area contributed by atoms with Crippen LogP contribution in [0.4, 0.5) is 0 Å². The Balaban J connectivity index is 0.00000289. The monoisotopic (exact) mass is 573 g/mol. The highest BCUT2D eigenvalue weighted by Gasteiger charge is 2.24. The van der Waals surface area contributed by atoms with Crippen molar-refractivity contribution in [3.05, 3.63) is 34.0 Å². The number of ether oxygens (including phenoxy) is 1. The summed E-state index contributed by atoms with van der Waals surface area (Å²) in [6.45, 7) is 8.67. The lowest BCUT2D eigenvalue weighted by atomic mass is 10.0. The Morgan fingerprint density at radius 3 is 2.78 bits per heavy atom. The minimum absolute atomic E-state index is 0. The molecule has 2 saturated heterocycles. The van der Waals surface area contributed by atoms with Crippen LogP contribution in [0.15, 0.2) is 22.5 Å². The number of nitrogens with zero attached hydrogens (tertiary/aromatic N) is 5. The maximum Gasteiger partial charge on any atom is 0.191 e. The Hall–Kier alpha value is -1.24. The number of aliphatic imine (C=N–C) groups is 1. The van der Waals surface area contributed by atoms with Gasteiger partial charge < -0.3 is 24.8 Å². The summed E-state index contributed by atoms with van der Waals surface area (Å²) in [5, 5.41) is 17.7. The fourth-order valence-corrected chi connectivity index (χ4v) is 4.90. The van der Waals surface area contributed by atoms with Crippen LogP contribution in [0.2, 0.25) is 0 Å². The van der Waals surface area contributed by atoms with Crippen LogP contribution in [0.5, 0.6) is 0 Å². The zero-order valence-corrected chi connectivity index (χ0v) is 22.3. The molecular weight excluding hydrogens is 537 g/mol. The third kappa shape index (κ3) is 7.39. The molecule has 4 rings (SSSR count). The molecule has 2 aromatic rings. The Bertz CT molecular complexity index is 827. The number of thiophene rings is 1. The Morgan fingerprint density at radius 2 is 2.12 bits per heavy atom. The van der Waals surface area contributed by atoms with E-state index in [1.807, 2.05) is 18.5 Å². The Kier molecular flexibility index (Phi) is 10.2. The van der Waals surface area contributed by atoms with E-state index in [-0.39, 0.29) is 24.0 Å². The first-order valence-corrected chi connectivity index (χ1v) is 12.3. The lowest BCUT2D eigenvalue weighted by molar-refractivity contribution is 0.150. The van der Waals surface area contributed by atoms with E-state index in [4.69, 9.17) is 9.73 Å². The van der Waals surface area contributed by atoms with Crippen molar-refractivity contribution in [2.24, 2.45) is 18.0 Å². The van der Waals surface area contributed by atoms with Crippen LogP contribution in [0.25, 0.3) is 0 Å². The SMILES string of the molecule is Cc1nnc(CN=C(NCCc2cccs2)NC2CCN(CC3CCOC3)CC2)n1C.I. The predicted molar refractivity (Wildman–Crippen MR) is 140 cm³/mol. The van der Waals surface area contributed by atoms with Crippen molar-refractivity contribution < 1.29 is 4.74 Å². The number of piperidine rings is 1. The van der Waals surface area contributed by atoms with Crippen molar-refractivity contribution in [1.82, 2.24) is 30.3 Å². The van der Waals surface area contributed by atoms with E-state index in [9.17, 15) is 0 Å². The summed E-state index contributed by atoms with van der Waals surface area (Å²) < 4.78 is 7.53. The average molecular weight is 574 g/mol. The van der Waals surface area contributed by atoms with Gasteiger partial charge in [0.25, 0.3) is 0 Å². The number of likely N-dealkylation sites (tertiary alicyclic amines) is 1. The molecule has 1 unspecified atom stereocenters. The highest BCUT2D eigenvalue weighted by atomic mass is 127. The van der Waals surface area contributed by atoms with Crippen LogP contribution in [-0.2, 0) is 24.8 Å². The van der Waals surface area contributed by atoms with Gasteiger partial charge in [-0.25, -0.2) is 4.99 Å². The van der Waals surface area contributed by atoms with Crippen molar-refractivity contribution in [3.8, 4) is 0 Å².